The van der Waals surface area contributed by atoms with Crippen LogP contribution >= 0.6 is 24.2 Å². The van der Waals surface area contributed by atoms with Crippen LogP contribution in [0, 0.1) is 0 Å². The highest BCUT2D eigenvalue weighted by molar-refractivity contribution is 7.98. The summed E-state index contributed by atoms with van der Waals surface area (Å²) in [5.41, 5.74) is 7.32. The molecule has 0 aromatic heterocycles. The standard InChI is InChI=1S/C19H30N2O2S.ClH/c1-23-16-8-6-15(7-9-16)19(11-4-3-5-12-19)14-21-18(22)17(20)10-13-24-2;/h6-9,17H,3-5,10-14,20H2,1-2H3,(H,21,22);1H/t17-;/m0./s1. The lowest BCUT2D eigenvalue weighted by atomic mass is 9.69. The Morgan fingerprint density at radius 3 is 2.48 bits per heavy atom. The molecule has 0 bridgehead atoms. The first-order chi connectivity index (χ1) is 11.6. The Bertz CT molecular complexity index is 519. The third-order valence-electron chi connectivity index (χ3n) is 5.08. The zero-order chi connectivity index (χ0) is 17.4. The number of benzene rings is 1. The molecular weight excluding hydrogens is 356 g/mol. The van der Waals surface area contributed by atoms with E-state index >= 15 is 0 Å². The summed E-state index contributed by atoms with van der Waals surface area (Å²) >= 11 is 1.72. The van der Waals surface area contributed by atoms with Gasteiger partial charge in [0.25, 0.3) is 0 Å². The summed E-state index contributed by atoms with van der Waals surface area (Å²) in [6.45, 7) is 0.672. The molecule has 0 unspecified atom stereocenters. The number of rotatable bonds is 8. The second-order valence-corrected chi connectivity index (χ2v) is 7.66. The fourth-order valence-electron chi connectivity index (χ4n) is 3.50. The Labute approximate surface area is 162 Å². The maximum atomic E-state index is 12.3. The summed E-state index contributed by atoms with van der Waals surface area (Å²) in [4.78, 5) is 12.3. The van der Waals surface area contributed by atoms with Gasteiger partial charge in [0.05, 0.1) is 13.2 Å². The van der Waals surface area contributed by atoms with E-state index in [-0.39, 0.29) is 23.7 Å². The number of carbonyl (C=O) groups is 1. The molecule has 142 valence electrons. The van der Waals surface area contributed by atoms with E-state index in [4.69, 9.17) is 10.5 Å². The van der Waals surface area contributed by atoms with E-state index < -0.39 is 6.04 Å². The van der Waals surface area contributed by atoms with Crippen molar-refractivity contribution in [3.63, 3.8) is 0 Å². The van der Waals surface area contributed by atoms with Gasteiger partial charge in [0.2, 0.25) is 5.91 Å². The quantitative estimate of drug-likeness (QED) is 0.717. The van der Waals surface area contributed by atoms with Gasteiger partial charge < -0.3 is 15.8 Å². The second-order valence-electron chi connectivity index (χ2n) is 6.68. The monoisotopic (exact) mass is 386 g/mol. The molecule has 1 atom stereocenters. The number of carbonyl (C=O) groups excluding carboxylic acids is 1. The summed E-state index contributed by atoms with van der Waals surface area (Å²) in [6.07, 6.45) is 8.67. The van der Waals surface area contributed by atoms with Crippen LogP contribution in [0.25, 0.3) is 0 Å². The summed E-state index contributed by atoms with van der Waals surface area (Å²) in [5, 5.41) is 3.12. The molecule has 1 aromatic carbocycles. The van der Waals surface area contributed by atoms with Crippen molar-refractivity contribution in [2.45, 2.75) is 50.0 Å². The minimum atomic E-state index is -0.408. The fourth-order valence-corrected chi connectivity index (χ4v) is 3.99. The number of hydrogen-bond acceptors (Lipinski definition) is 4. The van der Waals surface area contributed by atoms with Crippen LogP contribution in [0.4, 0.5) is 0 Å². The Hall–Kier alpha value is -0.910. The molecule has 2 rings (SSSR count). The van der Waals surface area contributed by atoms with Crippen LogP contribution in [0.15, 0.2) is 24.3 Å². The molecule has 0 heterocycles. The summed E-state index contributed by atoms with van der Waals surface area (Å²) in [5.74, 6) is 1.76. The van der Waals surface area contributed by atoms with Crippen molar-refractivity contribution < 1.29 is 9.53 Å². The Morgan fingerprint density at radius 2 is 1.92 bits per heavy atom. The van der Waals surface area contributed by atoms with Crippen molar-refractivity contribution in [2.24, 2.45) is 5.73 Å². The molecule has 1 saturated carbocycles. The minimum Gasteiger partial charge on any atom is -0.497 e. The fraction of sp³-hybridized carbons (Fsp3) is 0.632. The van der Waals surface area contributed by atoms with Crippen molar-refractivity contribution in [3.8, 4) is 5.75 Å². The van der Waals surface area contributed by atoms with Gasteiger partial charge in [-0.05, 0) is 49.0 Å². The molecule has 0 spiro atoms. The van der Waals surface area contributed by atoms with Crippen LogP contribution in [-0.2, 0) is 10.2 Å². The van der Waals surface area contributed by atoms with Crippen molar-refractivity contribution in [3.05, 3.63) is 29.8 Å². The highest BCUT2D eigenvalue weighted by atomic mass is 35.5. The second kappa shape index (κ2) is 10.9. The van der Waals surface area contributed by atoms with Gasteiger partial charge in [-0.3, -0.25) is 4.79 Å². The molecule has 4 nitrogen and oxygen atoms in total. The maximum absolute atomic E-state index is 12.3. The molecule has 3 N–H and O–H groups in total. The van der Waals surface area contributed by atoms with Crippen LogP contribution in [0.2, 0.25) is 0 Å². The molecular formula is C19H31ClN2O2S. The van der Waals surface area contributed by atoms with Crippen molar-refractivity contribution in [1.29, 1.82) is 0 Å². The number of thioether (sulfide) groups is 1. The molecule has 6 heteroatoms. The number of amides is 1. The first kappa shape index (κ1) is 22.1. The summed E-state index contributed by atoms with van der Waals surface area (Å²) in [7, 11) is 1.68. The lowest BCUT2D eigenvalue weighted by molar-refractivity contribution is -0.122. The molecule has 0 saturated heterocycles. The van der Waals surface area contributed by atoms with Gasteiger partial charge in [-0.25, -0.2) is 0 Å². The van der Waals surface area contributed by atoms with Crippen LogP contribution in [0.5, 0.6) is 5.75 Å². The van der Waals surface area contributed by atoms with Crippen molar-refractivity contribution >= 4 is 30.1 Å². The topological polar surface area (TPSA) is 64.3 Å². The number of methoxy groups -OCH3 is 1. The SMILES string of the molecule is COc1ccc(C2(CNC(=O)[C@@H](N)CCSC)CCCCC2)cc1.Cl. The van der Waals surface area contributed by atoms with E-state index in [1.807, 2.05) is 18.4 Å². The van der Waals surface area contributed by atoms with Gasteiger partial charge in [0, 0.05) is 12.0 Å². The lowest BCUT2D eigenvalue weighted by Gasteiger charge is -2.38. The van der Waals surface area contributed by atoms with Crippen LogP contribution in [-0.4, -0.2) is 37.6 Å². The first-order valence-corrected chi connectivity index (χ1v) is 10.2. The molecule has 1 aliphatic rings. The first-order valence-electron chi connectivity index (χ1n) is 8.78. The summed E-state index contributed by atoms with van der Waals surface area (Å²) in [6, 6.07) is 7.90. The maximum Gasteiger partial charge on any atom is 0.236 e. The Balaban J connectivity index is 0.00000312. The van der Waals surface area contributed by atoms with Gasteiger partial charge >= 0.3 is 0 Å². The molecule has 0 aliphatic heterocycles. The van der Waals surface area contributed by atoms with Crippen LogP contribution in [0.3, 0.4) is 0 Å². The lowest BCUT2D eigenvalue weighted by Crippen LogP contribution is -2.47. The van der Waals surface area contributed by atoms with E-state index in [0.29, 0.717) is 6.54 Å². The largest absolute Gasteiger partial charge is 0.497 e. The summed E-state index contributed by atoms with van der Waals surface area (Å²) < 4.78 is 5.27. The Kier molecular flexibility index (Phi) is 9.69. The molecule has 1 fully saturated rings. The third-order valence-corrected chi connectivity index (χ3v) is 5.73. The third kappa shape index (κ3) is 6.08. The van der Waals surface area contributed by atoms with Gasteiger partial charge in [-0.1, -0.05) is 31.4 Å². The minimum absolute atomic E-state index is 0. The van der Waals surface area contributed by atoms with Gasteiger partial charge in [-0.2, -0.15) is 11.8 Å². The number of hydrogen-bond donors (Lipinski definition) is 2. The zero-order valence-electron chi connectivity index (χ0n) is 15.3. The molecule has 0 radical (unpaired) electrons. The number of ether oxygens (including phenoxy) is 1. The predicted molar refractivity (Wildman–Crippen MR) is 109 cm³/mol. The smallest absolute Gasteiger partial charge is 0.236 e. The van der Waals surface area contributed by atoms with E-state index in [9.17, 15) is 4.79 Å². The van der Waals surface area contributed by atoms with Crippen LogP contribution in [0.1, 0.15) is 44.1 Å². The average molecular weight is 387 g/mol. The average Bonchev–Trinajstić information content (AvgIpc) is 2.65. The Morgan fingerprint density at radius 1 is 1.28 bits per heavy atom. The van der Waals surface area contributed by atoms with Crippen LogP contribution < -0.4 is 15.8 Å². The van der Waals surface area contributed by atoms with Gasteiger partial charge in [-0.15, -0.1) is 12.4 Å². The zero-order valence-corrected chi connectivity index (χ0v) is 16.9. The molecule has 1 aromatic rings. The van der Waals surface area contributed by atoms with E-state index in [1.165, 1.54) is 24.8 Å². The predicted octanol–water partition coefficient (Wildman–Crippen LogP) is 3.52. The molecule has 1 amide bonds. The molecule has 1 aliphatic carbocycles. The number of nitrogens with one attached hydrogen (secondary N) is 1. The van der Waals surface area contributed by atoms with E-state index in [0.717, 1.165) is 30.8 Å². The molecule has 25 heavy (non-hydrogen) atoms. The number of nitrogens with two attached hydrogens (primary N) is 1. The highest BCUT2D eigenvalue weighted by Gasteiger charge is 2.34. The van der Waals surface area contributed by atoms with Crippen molar-refractivity contribution in [2.75, 3.05) is 25.7 Å². The van der Waals surface area contributed by atoms with Crippen molar-refractivity contribution in [1.82, 2.24) is 5.32 Å². The van der Waals surface area contributed by atoms with E-state index in [1.54, 1.807) is 18.9 Å². The normalized spacial score (nSPS) is 17.2. The van der Waals surface area contributed by atoms with Gasteiger partial charge in [0.1, 0.15) is 5.75 Å². The highest BCUT2D eigenvalue weighted by Crippen LogP contribution is 2.39. The number of halogens is 1. The van der Waals surface area contributed by atoms with E-state index in [2.05, 4.69) is 17.4 Å². The van der Waals surface area contributed by atoms with Gasteiger partial charge in [0.15, 0.2) is 0 Å².